The molecule has 2 aromatic rings. The fourth-order valence-electron chi connectivity index (χ4n) is 1.62. The molecule has 0 aliphatic rings. The third-order valence-corrected chi connectivity index (χ3v) is 2.64. The molecule has 1 N–H and O–H groups in total. The maximum Gasteiger partial charge on any atom is 0.283 e. The second-order valence-electron chi connectivity index (χ2n) is 4.54. The van der Waals surface area contributed by atoms with Crippen molar-refractivity contribution in [1.82, 2.24) is 0 Å². The highest BCUT2D eigenvalue weighted by Gasteiger charge is 2.24. The van der Waals surface area contributed by atoms with Gasteiger partial charge < -0.3 is 5.11 Å². The Bertz CT molecular complexity index is 820. The molecular weight excluding hydrogens is 354 g/mol. The van der Waals surface area contributed by atoms with E-state index in [0.29, 0.717) is 12.1 Å². The predicted molar refractivity (Wildman–Crippen MR) is 82.5 cm³/mol. The van der Waals surface area contributed by atoms with Crippen LogP contribution in [0.15, 0.2) is 42.7 Å². The summed E-state index contributed by atoms with van der Waals surface area (Å²) in [7, 11) is 0. The minimum atomic E-state index is -1.46. The Kier molecular flexibility index (Phi) is 6.60. The van der Waals surface area contributed by atoms with Crippen molar-refractivity contribution in [3.8, 4) is 5.75 Å². The van der Waals surface area contributed by atoms with Crippen molar-refractivity contribution < 1.29 is 29.3 Å². The summed E-state index contributed by atoms with van der Waals surface area (Å²) in [5.41, 5.74) is -0.682. The van der Waals surface area contributed by atoms with Crippen LogP contribution in [0, 0.1) is 30.3 Å². The normalized spacial score (nSPS) is 9.42. The summed E-state index contributed by atoms with van der Waals surface area (Å²) < 4.78 is 1.60. The molecule has 2 rings (SSSR count). The molecule has 1 heterocycles. The molecule has 0 radical (unpaired) electrons. The van der Waals surface area contributed by atoms with Crippen molar-refractivity contribution in [2.75, 3.05) is 5.43 Å². The summed E-state index contributed by atoms with van der Waals surface area (Å²) in [5.74, 6) is -1.53. The maximum absolute atomic E-state index is 11.1. The van der Waals surface area contributed by atoms with E-state index in [1.54, 1.807) is 17.1 Å². The zero-order chi connectivity index (χ0) is 19.9. The summed E-state index contributed by atoms with van der Waals surface area (Å²) in [6.07, 6.45) is 3.53. The molecule has 0 saturated carbocycles. The Balaban J connectivity index is 0.000000289. The Morgan fingerprint density at radius 2 is 1.38 bits per heavy atom. The van der Waals surface area contributed by atoms with Crippen molar-refractivity contribution in [1.29, 1.82) is 0 Å². The third kappa shape index (κ3) is 5.48. The highest BCUT2D eigenvalue weighted by molar-refractivity contribution is 5.79. The molecule has 136 valence electrons. The summed E-state index contributed by atoms with van der Waals surface area (Å²) >= 11 is 0. The summed E-state index contributed by atoms with van der Waals surface area (Å²) in [6.45, 7) is 1.47. The van der Waals surface area contributed by atoms with Gasteiger partial charge in [-0.15, -0.1) is 5.43 Å². The minimum Gasteiger partial charge on any atom is -0.863 e. The van der Waals surface area contributed by atoms with E-state index in [2.05, 4.69) is 5.43 Å². The average molecular weight is 365 g/mol. The molecule has 26 heavy (non-hydrogen) atoms. The first-order valence-corrected chi connectivity index (χ1v) is 6.65. The number of pyridine rings is 1. The molecule has 0 aliphatic carbocycles. The number of nitro benzene ring substituents is 3. The van der Waals surface area contributed by atoms with Gasteiger partial charge >= 0.3 is 0 Å². The van der Waals surface area contributed by atoms with Crippen LogP contribution >= 0.6 is 0 Å². The lowest BCUT2D eigenvalue weighted by atomic mass is 10.2. The van der Waals surface area contributed by atoms with Gasteiger partial charge in [0.05, 0.1) is 32.7 Å². The van der Waals surface area contributed by atoms with Gasteiger partial charge in [-0.1, -0.05) is 10.7 Å². The lowest BCUT2D eigenvalue weighted by molar-refractivity contribution is -0.642. The topological polar surface area (TPSA) is 185 Å². The zero-order valence-electron chi connectivity index (χ0n) is 13.1. The van der Waals surface area contributed by atoms with Crippen molar-refractivity contribution in [3.63, 3.8) is 0 Å². The first-order valence-electron chi connectivity index (χ1n) is 6.65. The molecule has 0 spiro atoms. The predicted octanol–water partition coefficient (Wildman–Crippen LogP) is 0.549. The van der Waals surface area contributed by atoms with Crippen LogP contribution in [0.3, 0.4) is 0 Å². The van der Waals surface area contributed by atoms with Crippen LogP contribution in [0.5, 0.6) is 5.75 Å². The van der Waals surface area contributed by atoms with Gasteiger partial charge in [0.25, 0.3) is 23.0 Å². The maximum atomic E-state index is 11.1. The van der Waals surface area contributed by atoms with Gasteiger partial charge in [0.2, 0.25) is 0 Å². The number of aromatic nitrogens is 1. The fourth-order valence-corrected chi connectivity index (χ4v) is 1.62. The lowest BCUT2D eigenvalue weighted by Gasteiger charge is -2.06. The number of rotatable bonds is 4. The summed E-state index contributed by atoms with van der Waals surface area (Å²) in [4.78, 5) is 38.0. The number of benzene rings is 1. The zero-order valence-corrected chi connectivity index (χ0v) is 13.1. The van der Waals surface area contributed by atoms with Crippen LogP contribution in [-0.2, 0) is 4.79 Å². The SMILES string of the molecule is CC(=O)N[n+]1ccccc1.O=[N+]([O-])c1cc([N+](=O)[O-])c([O-])c([N+](=O)[O-])c1. The van der Waals surface area contributed by atoms with Gasteiger partial charge in [-0.05, 0) is 0 Å². The van der Waals surface area contributed by atoms with E-state index in [4.69, 9.17) is 0 Å². The third-order valence-electron chi connectivity index (χ3n) is 2.64. The van der Waals surface area contributed by atoms with Crippen LogP contribution in [0.1, 0.15) is 6.92 Å². The number of nitrogens with one attached hydrogen (secondary N) is 1. The minimum absolute atomic E-state index is 0.0730. The van der Waals surface area contributed by atoms with E-state index >= 15 is 0 Å². The van der Waals surface area contributed by atoms with Crippen molar-refractivity contribution in [2.45, 2.75) is 6.92 Å². The lowest BCUT2D eigenvalue weighted by Crippen LogP contribution is -2.46. The fraction of sp³-hybridized carbons (Fsp3) is 0.0769. The molecule has 1 aromatic carbocycles. The van der Waals surface area contributed by atoms with Gasteiger partial charge in [-0.3, -0.25) is 35.1 Å². The van der Waals surface area contributed by atoms with Crippen LogP contribution in [-0.4, -0.2) is 20.7 Å². The standard InChI is InChI=1S/C7H8N2O.C6H3N3O7/c1-7(10)8-9-5-3-2-4-6-9;10-6-4(8(13)14)1-3(7(11)12)2-5(6)9(15)16/h2-6H,1H3;1-2,10H. The monoisotopic (exact) mass is 365 g/mol. The van der Waals surface area contributed by atoms with Crippen LogP contribution in [0.25, 0.3) is 0 Å². The number of non-ortho nitro benzene ring substituents is 1. The second kappa shape index (κ2) is 8.62. The number of nitro groups is 3. The highest BCUT2D eigenvalue weighted by Crippen LogP contribution is 2.36. The molecule has 0 bridgehead atoms. The van der Waals surface area contributed by atoms with Crippen molar-refractivity contribution in [3.05, 3.63) is 73.1 Å². The molecule has 1 aromatic heterocycles. The van der Waals surface area contributed by atoms with Crippen LogP contribution < -0.4 is 15.2 Å². The molecular formula is C13H11N5O8. The van der Waals surface area contributed by atoms with Crippen LogP contribution in [0.2, 0.25) is 0 Å². The van der Waals surface area contributed by atoms with Crippen LogP contribution in [0.4, 0.5) is 17.1 Å². The molecule has 0 atom stereocenters. The largest absolute Gasteiger partial charge is 0.863 e. The molecule has 1 amide bonds. The van der Waals surface area contributed by atoms with E-state index in [-0.39, 0.29) is 5.91 Å². The quantitative estimate of drug-likeness (QED) is 0.462. The molecule has 0 fully saturated rings. The van der Waals surface area contributed by atoms with E-state index in [9.17, 15) is 40.2 Å². The number of nitrogens with zero attached hydrogens (tertiary/aromatic N) is 4. The molecule has 0 unspecified atom stereocenters. The Labute approximate surface area is 144 Å². The summed E-state index contributed by atoms with van der Waals surface area (Å²) in [6, 6.07) is 6.34. The first kappa shape index (κ1) is 19.9. The summed E-state index contributed by atoms with van der Waals surface area (Å²) in [5, 5.41) is 42.1. The highest BCUT2D eigenvalue weighted by atomic mass is 16.6. The Morgan fingerprint density at radius 1 is 0.923 bits per heavy atom. The van der Waals surface area contributed by atoms with Gasteiger partial charge in [-0.2, -0.15) is 0 Å². The van der Waals surface area contributed by atoms with Gasteiger partial charge in [0.15, 0.2) is 12.4 Å². The average Bonchev–Trinajstić information content (AvgIpc) is 2.55. The smallest absolute Gasteiger partial charge is 0.283 e. The van der Waals surface area contributed by atoms with E-state index < -0.39 is 37.6 Å². The molecule has 0 aliphatic heterocycles. The number of carbonyl (C=O) groups is 1. The van der Waals surface area contributed by atoms with Crippen molar-refractivity contribution in [2.24, 2.45) is 0 Å². The number of amides is 1. The Hall–Kier alpha value is -4.16. The van der Waals surface area contributed by atoms with Gasteiger partial charge in [0.1, 0.15) is 0 Å². The number of hydrogen-bond donors (Lipinski definition) is 1. The van der Waals surface area contributed by atoms with E-state index in [1.165, 1.54) is 6.92 Å². The Morgan fingerprint density at radius 3 is 1.73 bits per heavy atom. The molecule has 13 heteroatoms. The van der Waals surface area contributed by atoms with Gasteiger partial charge in [0, 0.05) is 19.1 Å². The number of hydrogen-bond acceptors (Lipinski definition) is 8. The van der Waals surface area contributed by atoms with E-state index in [0.717, 1.165) is 0 Å². The molecule has 0 saturated heterocycles. The van der Waals surface area contributed by atoms with E-state index in [1.807, 2.05) is 18.2 Å². The molecule has 13 nitrogen and oxygen atoms in total. The van der Waals surface area contributed by atoms with Crippen molar-refractivity contribution >= 4 is 23.0 Å². The van der Waals surface area contributed by atoms with Gasteiger partial charge in [-0.25, -0.2) is 0 Å². The first-order chi connectivity index (χ1) is 12.1. The second-order valence-corrected chi connectivity index (χ2v) is 4.54. The number of carbonyl (C=O) groups excluding carboxylic acids is 1.